The summed E-state index contributed by atoms with van der Waals surface area (Å²) in [5.41, 5.74) is 0.649. The fraction of sp³-hybridized carbons (Fsp3) is 0.143. The number of nitrogens with zero attached hydrogens (tertiary/aromatic N) is 3. The Bertz CT molecular complexity index is 1190. The van der Waals surface area contributed by atoms with Crippen molar-refractivity contribution in [2.45, 2.75) is 6.92 Å². The third-order valence-electron chi connectivity index (χ3n) is 4.05. The molecular formula is C21H17ClF2N4O4. The summed E-state index contributed by atoms with van der Waals surface area (Å²) in [5, 5.41) is 6.27. The van der Waals surface area contributed by atoms with Crippen LogP contribution in [0, 0.1) is 18.6 Å². The van der Waals surface area contributed by atoms with Crippen molar-refractivity contribution in [3.63, 3.8) is 0 Å². The Balaban J connectivity index is 2.00. The standard InChI is InChI=1S/C21H17ClF2N4O4/c1-11-4-7-14(22)16(8-11)32-21-17(24)20(26-10-27-21)31-15-9-12(23)5-6-13(15)18(28-30-3)19(29)25-2/h4-10H,1-3H3,(H,25,29). The number of halogens is 3. The van der Waals surface area contributed by atoms with Gasteiger partial charge < -0.3 is 19.6 Å². The molecule has 0 bridgehead atoms. The molecule has 11 heteroatoms. The maximum Gasteiger partial charge on any atom is 0.273 e. The molecule has 0 unspecified atom stereocenters. The molecule has 0 aliphatic rings. The molecule has 2 aromatic carbocycles. The number of likely N-dealkylation sites (N-methyl/N-ethyl adjacent to an activating group) is 1. The Morgan fingerprint density at radius 1 is 1.06 bits per heavy atom. The van der Waals surface area contributed by atoms with Gasteiger partial charge in [-0.15, -0.1) is 0 Å². The number of rotatable bonds is 7. The van der Waals surface area contributed by atoms with Crippen LogP contribution in [-0.2, 0) is 9.63 Å². The predicted molar refractivity (Wildman–Crippen MR) is 112 cm³/mol. The molecule has 0 saturated carbocycles. The Morgan fingerprint density at radius 3 is 2.41 bits per heavy atom. The summed E-state index contributed by atoms with van der Waals surface area (Å²) in [6.07, 6.45) is 0.999. The van der Waals surface area contributed by atoms with Crippen molar-refractivity contribution < 1.29 is 27.9 Å². The zero-order valence-electron chi connectivity index (χ0n) is 17.1. The van der Waals surface area contributed by atoms with Crippen molar-refractivity contribution in [3.05, 3.63) is 70.5 Å². The maximum absolute atomic E-state index is 15.0. The highest BCUT2D eigenvalue weighted by atomic mass is 35.5. The minimum absolute atomic E-state index is 0.0369. The van der Waals surface area contributed by atoms with E-state index in [0.29, 0.717) is 0 Å². The summed E-state index contributed by atoms with van der Waals surface area (Å²) in [6, 6.07) is 8.23. The van der Waals surface area contributed by atoms with E-state index in [9.17, 15) is 9.18 Å². The lowest BCUT2D eigenvalue weighted by atomic mass is 10.1. The second-order valence-corrected chi connectivity index (χ2v) is 6.69. The van der Waals surface area contributed by atoms with E-state index < -0.39 is 29.3 Å². The van der Waals surface area contributed by atoms with Crippen LogP contribution >= 0.6 is 11.6 Å². The quantitative estimate of drug-likeness (QED) is 0.413. The topological polar surface area (TPSA) is 94.9 Å². The van der Waals surface area contributed by atoms with Crippen molar-refractivity contribution in [2.75, 3.05) is 14.2 Å². The molecule has 1 N–H and O–H groups in total. The van der Waals surface area contributed by atoms with Crippen molar-refractivity contribution in [1.29, 1.82) is 0 Å². The molecule has 0 radical (unpaired) electrons. The Hall–Kier alpha value is -3.79. The Kier molecular flexibility index (Phi) is 7.16. The average Bonchev–Trinajstić information content (AvgIpc) is 2.77. The average molecular weight is 463 g/mol. The highest BCUT2D eigenvalue weighted by molar-refractivity contribution is 6.45. The molecule has 1 aromatic heterocycles. The third-order valence-corrected chi connectivity index (χ3v) is 4.36. The van der Waals surface area contributed by atoms with Crippen LogP contribution in [0.5, 0.6) is 23.3 Å². The van der Waals surface area contributed by atoms with Crippen LogP contribution in [-0.4, -0.2) is 35.7 Å². The first-order valence-electron chi connectivity index (χ1n) is 9.09. The minimum atomic E-state index is -1.06. The first-order valence-corrected chi connectivity index (χ1v) is 9.47. The maximum atomic E-state index is 15.0. The zero-order valence-corrected chi connectivity index (χ0v) is 17.9. The van der Waals surface area contributed by atoms with Gasteiger partial charge in [0, 0.05) is 13.1 Å². The van der Waals surface area contributed by atoms with Crippen LogP contribution in [0.15, 0.2) is 47.9 Å². The lowest BCUT2D eigenvalue weighted by Gasteiger charge is -2.13. The van der Waals surface area contributed by atoms with E-state index in [0.717, 1.165) is 24.0 Å². The molecule has 1 amide bonds. The van der Waals surface area contributed by atoms with E-state index in [1.807, 2.05) is 6.92 Å². The van der Waals surface area contributed by atoms with Gasteiger partial charge in [0.15, 0.2) is 5.71 Å². The number of hydrogen-bond donors (Lipinski definition) is 1. The van der Waals surface area contributed by atoms with Crippen molar-refractivity contribution in [2.24, 2.45) is 5.16 Å². The van der Waals surface area contributed by atoms with Crippen molar-refractivity contribution in [1.82, 2.24) is 15.3 Å². The van der Waals surface area contributed by atoms with Gasteiger partial charge in [0.1, 0.15) is 30.8 Å². The van der Waals surface area contributed by atoms with Crippen LogP contribution in [0.2, 0.25) is 5.02 Å². The SMILES string of the molecule is CNC(=O)C(=NOC)c1ccc(F)cc1Oc1ncnc(Oc2cc(C)ccc2Cl)c1F. The zero-order chi connectivity index (χ0) is 23.3. The van der Waals surface area contributed by atoms with Gasteiger partial charge in [0.25, 0.3) is 17.7 Å². The van der Waals surface area contributed by atoms with E-state index in [2.05, 4.69) is 20.4 Å². The fourth-order valence-corrected chi connectivity index (χ4v) is 2.73. The first kappa shape index (κ1) is 22.9. The molecule has 1 heterocycles. The number of amides is 1. The molecule has 0 aliphatic heterocycles. The molecule has 0 fully saturated rings. The predicted octanol–water partition coefficient (Wildman–Crippen LogP) is 4.40. The van der Waals surface area contributed by atoms with Crippen LogP contribution in [0.3, 0.4) is 0 Å². The van der Waals surface area contributed by atoms with Gasteiger partial charge in [0.2, 0.25) is 5.82 Å². The normalized spacial score (nSPS) is 11.1. The van der Waals surface area contributed by atoms with Crippen molar-refractivity contribution >= 4 is 23.2 Å². The van der Waals surface area contributed by atoms with Gasteiger partial charge in [-0.2, -0.15) is 14.4 Å². The number of hydrogen-bond acceptors (Lipinski definition) is 7. The summed E-state index contributed by atoms with van der Waals surface area (Å²) in [4.78, 5) is 24.4. The number of carbonyl (C=O) groups is 1. The molecular weight excluding hydrogens is 446 g/mol. The fourth-order valence-electron chi connectivity index (χ4n) is 2.58. The van der Waals surface area contributed by atoms with Crippen LogP contribution < -0.4 is 14.8 Å². The van der Waals surface area contributed by atoms with Gasteiger partial charge in [-0.1, -0.05) is 22.8 Å². The van der Waals surface area contributed by atoms with E-state index in [1.165, 1.54) is 20.2 Å². The van der Waals surface area contributed by atoms with E-state index in [1.54, 1.807) is 18.2 Å². The summed E-state index contributed by atoms with van der Waals surface area (Å²) in [6.45, 7) is 1.81. The van der Waals surface area contributed by atoms with E-state index in [-0.39, 0.29) is 27.8 Å². The summed E-state index contributed by atoms with van der Waals surface area (Å²) in [7, 11) is 2.61. The highest BCUT2D eigenvalue weighted by Crippen LogP contribution is 2.34. The second kappa shape index (κ2) is 10.0. The number of aromatic nitrogens is 2. The van der Waals surface area contributed by atoms with Gasteiger partial charge in [-0.25, -0.2) is 4.39 Å². The summed E-state index contributed by atoms with van der Waals surface area (Å²) < 4.78 is 39.9. The first-order chi connectivity index (χ1) is 15.3. The van der Waals surface area contributed by atoms with Crippen molar-refractivity contribution in [3.8, 4) is 23.3 Å². The number of carbonyl (C=O) groups excluding carboxylic acids is 1. The van der Waals surface area contributed by atoms with E-state index >= 15 is 4.39 Å². The largest absolute Gasteiger partial charge is 0.435 e. The number of aryl methyl sites for hydroxylation is 1. The highest BCUT2D eigenvalue weighted by Gasteiger charge is 2.23. The lowest BCUT2D eigenvalue weighted by Crippen LogP contribution is -2.29. The molecule has 0 spiro atoms. The Labute approximate surface area is 186 Å². The molecule has 32 heavy (non-hydrogen) atoms. The number of oxime groups is 1. The molecule has 0 atom stereocenters. The minimum Gasteiger partial charge on any atom is -0.435 e. The van der Waals surface area contributed by atoms with E-state index in [4.69, 9.17) is 25.9 Å². The van der Waals surface area contributed by atoms with Gasteiger partial charge in [-0.3, -0.25) is 4.79 Å². The van der Waals surface area contributed by atoms with Gasteiger partial charge in [0.05, 0.1) is 10.6 Å². The molecule has 3 aromatic rings. The summed E-state index contributed by atoms with van der Waals surface area (Å²) >= 11 is 6.09. The number of nitrogens with one attached hydrogen (secondary N) is 1. The van der Waals surface area contributed by atoms with Crippen LogP contribution in [0.25, 0.3) is 0 Å². The third kappa shape index (κ3) is 5.09. The molecule has 3 rings (SSSR count). The lowest BCUT2D eigenvalue weighted by molar-refractivity contribution is -0.114. The molecule has 8 nitrogen and oxygen atoms in total. The molecule has 0 aliphatic carbocycles. The monoisotopic (exact) mass is 462 g/mol. The smallest absolute Gasteiger partial charge is 0.273 e. The molecule has 0 saturated heterocycles. The second-order valence-electron chi connectivity index (χ2n) is 6.28. The van der Waals surface area contributed by atoms with Crippen LogP contribution in [0.1, 0.15) is 11.1 Å². The Morgan fingerprint density at radius 2 is 1.75 bits per heavy atom. The molecule has 166 valence electrons. The summed E-state index contributed by atoms with van der Waals surface area (Å²) in [5.74, 6) is -3.49. The number of benzene rings is 2. The van der Waals surface area contributed by atoms with Gasteiger partial charge >= 0.3 is 0 Å². The number of ether oxygens (including phenoxy) is 2. The van der Waals surface area contributed by atoms with Crippen LogP contribution in [0.4, 0.5) is 8.78 Å². The van der Waals surface area contributed by atoms with Gasteiger partial charge in [-0.05, 0) is 36.8 Å².